The summed E-state index contributed by atoms with van der Waals surface area (Å²) in [6.07, 6.45) is 0.802. The SMILES string of the molecule is [B]c1ccc(OC(C)C)c(C=O)c1. The summed E-state index contributed by atoms with van der Waals surface area (Å²) in [6.45, 7) is 3.82. The average Bonchev–Trinajstić information content (AvgIpc) is 2.07. The van der Waals surface area contributed by atoms with Gasteiger partial charge in [0.1, 0.15) is 13.6 Å². The molecule has 3 heteroatoms. The maximum Gasteiger partial charge on any atom is 0.153 e. The molecule has 2 radical (unpaired) electrons. The Labute approximate surface area is 79.3 Å². The van der Waals surface area contributed by atoms with Gasteiger partial charge in [-0.25, -0.2) is 0 Å². The van der Waals surface area contributed by atoms with Crippen molar-refractivity contribution in [1.29, 1.82) is 0 Å². The first-order valence-corrected chi connectivity index (χ1v) is 4.15. The van der Waals surface area contributed by atoms with E-state index in [1.807, 2.05) is 13.8 Å². The Balaban J connectivity index is 2.99. The van der Waals surface area contributed by atoms with Gasteiger partial charge in [-0.2, -0.15) is 0 Å². The number of ether oxygens (including phenoxy) is 1. The first kappa shape index (κ1) is 9.84. The third-order valence-electron chi connectivity index (χ3n) is 1.52. The molecule has 13 heavy (non-hydrogen) atoms. The molecule has 0 atom stereocenters. The van der Waals surface area contributed by atoms with Crippen LogP contribution in [0, 0.1) is 0 Å². The molecule has 0 unspecified atom stereocenters. The molecule has 1 aromatic carbocycles. The van der Waals surface area contributed by atoms with Gasteiger partial charge >= 0.3 is 0 Å². The number of aldehydes is 1. The van der Waals surface area contributed by atoms with Crippen LogP contribution in [0.5, 0.6) is 5.75 Å². The van der Waals surface area contributed by atoms with Gasteiger partial charge in [0.15, 0.2) is 6.29 Å². The minimum Gasteiger partial charge on any atom is -0.490 e. The second kappa shape index (κ2) is 4.12. The number of hydrogen-bond donors (Lipinski definition) is 0. The topological polar surface area (TPSA) is 26.3 Å². The molecule has 0 saturated carbocycles. The molecule has 0 N–H and O–H groups in total. The summed E-state index contributed by atoms with van der Waals surface area (Å²) >= 11 is 0. The van der Waals surface area contributed by atoms with Crippen LogP contribution in [0.25, 0.3) is 0 Å². The standard InChI is InChI=1S/C10H11BO2/c1-7(2)13-10-4-3-9(11)5-8(10)6-12/h3-7H,1-2H3. The predicted molar refractivity (Wildman–Crippen MR) is 53.0 cm³/mol. The third kappa shape index (κ3) is 2.62. The van der Waals surface area contributed by atoms with Gasteiger partial charge in [-0.3, -0.25) is 4.79 Å². The molecule has 1 rings (SSSR count). The van der Waals surface area contributed by atoms with E-state index in [2.05, 4.69) is 0 Å². The van der Waals surface area contributed by atoms with Crippen LogP contribution in [0.1, 0.15) is 24.2 Å². The Bertz CT molecular complexity index is 308. The Hall–Kier alpha value is -1.25. The molecule has 0 aliphatic heterocycles. The smallest absolute Gasteiger partial charge is 0.153 e. The Morgan fingerprint density at radius 1 is 1.46 bits per heavy atom. The van der Waals surface area contributed by atoms with Gasteiger partial charge in [-0.05, 0) is 19.9 Å². The lowest BCUT2D eigenvalue weighted by atomic mass is 9.94. The fraction of sp³-hybridized carbons (Fsp3) is 0.300. The zero-order valence-corrected chi connectivity index (χ0v) is 7.78. The van der Waals surface area contributed by atoms with Gasteiger partial charge in [-0.15, -0.1) is 0 Å². The minimum absolute atomic E-state index is 0.0577. The van der Waals surface area contributed by atoms with E-state index in [0.717, 1.165) is 6.29 Å². The molecule has 2 nitrogen and oxygen atoms in total. The largest absolute Gasteiger partial charge is 0.490 e. The Kier molecular flexibility index (Phi) is 3.12. The quantitative estimate of drug-likeness (QED) is 0.506. The van der Waals surface area contributed by atoms with Crippen molar-refractivity contribution in [3.05, 3.63) is 23.8 Å². The van der Waals surface area contributed by atoms with E-state index in [1.54, 1.807) is 18.2 Å². The van der Waals surface area contributed by atoms with E-state index in [4.69, 9.17) is 12.6 Å². The van der Waals surface area contributed by atoms with Crippen LogP contribution in [-0.4, -0.2) is 20.2 Å². The van der Waals surface area contributed by atoms with Gasteiger partial charge < -0.3 is 4.74 Å². The van der Waals surface area contributed by atoms with Crippen LogP contribution in [0.3, 0.4) is 0 Å². The zero-order chi connectivity index (χ0) is 9.84. The van der Waals surface area contributed by atoms with E-state index in [9.17, 15) is 4.79 Å². The molecule has 0 aliphatic rings. The lowest BCUT2D eigenvalue weighted by Crippen LogP contribution is -2.10. The summed E-state index contributed by atoms with van der Waals surface area (Å²) in [4.78, 5) is 10.6. The van der Waals surface area contributed by atoms with Gasteiger partial charge in [0.05, 0.1) is 11.7 Å². The van der Waals surface area contributed by atoms with E-state index < -0.39 is 0 Å². The number of benzene rings is 1. The van der Waals surface area contributed by atoms with Crippen molar-refractivity contribution in [3.63, 3.8) is 0 Å². The highest BCUT2D eigenvalue weighted by molar-refractivity contribution is 6.32. The van der Waals surface area contributed by atoms with Crippen molar-refractivity contribution in [3.8, 4) is 5.75 Å². The van der Waals surface area contributed by atoms with Crippen LogP contribution >= 0.6 is 0 Å². The molecule has 0 bridgehead atoms. The lowest BCUT2D eigenvalue weighted by Gasteiger charge is -2.11. The molecule has 0 heterocycles. The van der Waals surface area contributed by atoms with Crippen LogP contribution < -0.4 is 10.2 Å². The normalized spacial score (nSPS) is 10.1. The van der Waals surface area contributed by atoms with Crippen molar-refractivity contribution in [2.75, 3.05) is 0 Å². The summed E-state index contributed by atoms with van der Waals surface area (Å²) in [5.74, 6) is 0.583. The Morgan fingerprint density at radius 3 is 2.69 bits per heavy atom. The zero-order valence-electron chi connectivity index (χ0n) is 7.78. The van der Waals surface area contributed by atoms with Crippen molar-refractivity contribution in [2.45, 2.75) is 20.0 Å². The molecule has 0 spiro atoms. The minimum atomic E-state index is 0.0577. The van der Waals surface area contributed by atoms with E-state index in [-0.39, 0.29) is 6.10 Å². The highest BCUT2D eigenvalue weighted by Crippen LogP contribution is 2.15. The first-order valence-electron chi connectivity index (χ1n) is 4.15. The highest BCUT2D eigenvalue weighted by Gasteiger charge is 2.03. The summed E-state index contributed by atoms with van der Waals surface area (Å²) in [6, 6.07) is 5.02. The maximum absolute atomic E-state index is 10.6. The van der Waals surface area contributed by atoms with Crippen molar-refractivity contribution in [2.24, 2.45) is 0 Å². The van der Waals surface area contributed by atoms with Crippen LogP contribution in [-0.2, 0) is 0 Å². The van der Waals surface area contributed by atoms with Crippen LogP contribution in [0.15, 0.2) is 18.2 Å². The van der Waals surface area contributed by atoms with Crippen molar-refractivity contribution < 1.29 is 9.53 Å². The second-order valence-corrected chi connectivity index (χ2v) is 3.08. The molecule has 1 aromatic rings. The molecule has 0 saturated heterocycles. The van der Waals surface area contributed by atoms with Crippen molar-refractivity contribution in [1.82, 2.24) is 0 Å². The van der Waals surface area contributed by atoms with E-state index in [1.165, 1.54) is 0 Å². The van der Waals surface area contributed by atoms with Crippen LogP contribution in [0.2, 0.25) is 0 Å². The molecule has 0 aliphatic carbocycles. The second-order valence-electron chi connectivity index (χ2n) is 3.08. The Morgan fingerprint density at radius 2 is 2.15 bits per heavy atom. The van der Waals surface area contributed by atoms with Gasteiger partial charge in [0.25, 0.3) is 0 Å². The first-order chi connectivity index (χ1) is 6.13. The highest BCUT2D eigenvalue weighted by atomic mass is 16.5. The lowest BCUT2D eigenvalue weighted by molar-refractivity contribution is 0.111. The van der Waals surface area contributed by atoms with Gasteiger partial charge in [-0.1, -0.05) is 17.6 Å². The van der Waals surface area contributed by atoms with E-state index in [0.29, 0.717) is 16.8 Å². The van der Waals surface area contributed by atoms with Gasteiger partial charge in [0.2, 0.25) is 0 Å². The fourth-order valence-corrected chi connectivity index (χ4v) is 1.02. The molecule has 0 amide bonds. The summed E-state index contributed by atoms with van der Waals surface area (Å²) in [7, 11) is 5.52. The molecular weight excluding hydrogens is 163 g/mol. The molecule has 0 aromatic heterocycles. The number of hydrogen-bond acceptors (Lipinski definition) is 2. The predicted octanol–water partition coefficient (Wildman–Crippen LogP) is 1.08. The van der Waals surface area contributed by atoms with Crippen molar-refractivity contribution >= 4 is 19.6 Å². The summed E-state index contributed by atoms with van der Waals surface area (Å²) < 4.78 is 5.40. The molecule has 0 fully saturated rings. The molecular formula is C10H11BO2. The summed E-state index contributed by atoms with van der Waals surface area (Å²) in [5, 5.41) is 0. The number of carbonyl (C=O) groups excluding carboxylic acids is 1. The average molecular weight is 174 g/mol. The monoisotopic (exact) mass is 174 g/mol. The fourth-order valence-electron chi connectivity index (χ4n) is 1.02. The number of rotatable bonds is 3. The van der Waals surface area contributed by atoms with E-state index >= 15 is 0 Å². The summed E-state index contributed by atoms with van der Waals surface area (Å²) in [5.41, 5.74) is 1.06. The van der Waals surface area contributed by atoms with Crippen LogP contribution in [0.4, 0.5) is 0 Å². The number of carbonyl (C=O) groups is 1. The maximum atomic E-state index is 10.6. The third-order valence-corrected chi connectivity index (χ3v) is 1.52. The van der Waals surface area contributed by atoms with Gasteiger partial charge in [0, 0.05) is 0 Å². The molecule has 66 valence electrons.